The van der Waals surface area contributed by atoms with Gasteiger partial charge in [0.15, 0.2) is 16.3 Å². The van der Waals surface area contributed by atoms with E-state index in [1.165, 1.54) is 61.9 Å². The molecular weight excluding hydrogens is 438 g/mol. The van der Waals surface area contributed by atoms with Crippen LogP contribution in [0.25, 0.3) is 11.2 Å². The van der Waals surface area contributed by atoms with Gasteiger partial charge in [-0.15, -0.1) is 0 Å². The third-order valence-electron chi connectivity index (χ3n) is 7.31. The number of imidazole rings is 1. The van der Waals surface area contributed by atoms with E-state index in [4.69, 9.17) is 0 Å². The van der Waals surface area contributed by atoms with Gasteiger partial charge in [-0.05, 0) is 32.1 Å². The van der Waals surface area contributed by atoms with Crippen LogP contribution < -0.4 is 11.2 Å². The molecule has 0 saturated heterocycles. The van der Waals surface area contributed by atoms with Crippen LogP contribution in [0.2, 0.25) is 0 Å². The van der Waals surface area contributed by atoms with Crippen molar-refractivity contribution in [2.75, 3.05) is 5.75 Å². The van der Waals surface area contributed by atoms with E-state index in [1.54, 1.807) is 7.05 Å². The zero-order chi connectivity index (χ0) is 23.5. The van der Waals surface area contributed by atoms with Crippen LogP contribution in [-0.4, -0.2) is 47.3 Å². The number of rotatable bonds is 7. The van der Waals surface area contributed by atoms with Gasteiger partial charge >= 0.3 is 5.69 Å². The Morgan fingerprint density at radius 1 is 0.970 bits per heavy atom. The zero-order valence-corrected chi connectivity index (χ0v) is 21.0. The first-order valence-electron chi connectivity index (χ1n) is 12.5. The summed E-state index contributed by atoms with van der Waals surface area (Å²) in [6.45, 7) is 2.67. The number of carbonyl (C=O) groups is 1. The molecule has 4 rings (SSSR count). The predicted molar refractivity (Wildman–Crippen MR) is 132 cm³/mol. The molecule has 2 aliphatic rings. The van der Waals surface area contributed by atoms with Crippen LogP contribution in [0.15, 0.2) is 14.7 Å². The van der Waals surface area contributed by atoms with Crippen molar-refractivity contribution in [3.63, 3.8) is 0 Å². The average Bonchev–Trinajstić information content (AvgIpc) is 3.20. The molecule has 0 N–H and O–H groups in total. The van der Waals surface area contributed by atoms with Gasteiger partial charge in [-0.2, -0.15) is 0 Å². The normalized spacial score (nSPS) is 18.2. The number of amides is 1. The summed E-state index contributed by atoms with van der Waals surface area (Å²) in [5.41, 5.74) is 0.107. The number of hydrogen-bond donors (Lipinski definition) is 0. The van der Waals surface area contributed by atoms with Crippen molar-refractivity contribution in [1.82, 2.24) is 23.6 Å². The lowest BCUT2D eigenvalue weighted by Crippen LogP contribution is -2.49. The maximum Gasteiger partial charge on any atom is 0.332 e. The molecule has 2 heterocycles. The molecule has 0 radical (unpaired) electrons. The standard InChI is InChI=1S/C24H37N5O3S/c1-4-15-28-20-21(26(2)24(32)27(3)22(20)31)25-23(28)33-16-19(30)29(17-11-7-5-8-12-17)18-13-9-6-10-14-18/h17-18H,4-16H2,1-3H3. The van der Waals surface area contributed by atoms with Gasteiger partial charge in [0.25, 0.3) is 5.56 Å². The molecule has 33 heavy (non-hydrogen) atoms. The second-order valence-corrected chi connectivity index (χ2v) is 10.5. The van der Waals surface area contributed by atoms with E-state index >= 15 is 0 Å². The average molecular weight is 476 g/mol. The molecule has 2 fully saturated rings. The Morgan fingerprint density at radius 3 is 2.09 bits per heavy atom. The van der Waals surface area contributed by atoms with E-state index in [0.29, 0.717) is 40.7 Å². The molecule has 0 atom stereocenters. The van der Waals surface area contributed by atoms with Gasteiger partial charge in [0.05, 0.1) is 5.75 Å². The van der Waals surface area contributed by atoms with E-state index in [2.05, 4.69) is 9.88 Å². The summed E-state index contributed by atoms with van der Waals surface area (Å²) in [6.07, 6.45) is 12.6. The maximum atomic E-state index is 13.6. The third-order valence-corrected chi connectivity index (χ3v) is 8.27. The van der Waals surface area contributed by atoms with Crippen molar-refractivity contribution in [1.29, 1.82) is 0 Å². The predicted octanol–water partition coefficient (Wildman–Crippen LogP) is 3.43. The van der Waals surface area contributed by atoms with Crippen LogP contribution in [0, 0.1) is 0 Å². The SMILES string of the molecule is CCCn1c(SCC(=O)N(C2CCCCC2)C2CCCCC2)nc2c1c(=O)n(C)c(=O)n2C. The molecular formula is C24H37N5O3S. The largest absolute Gasteiger partial charge is 0.336 e. The molecule has 8 nitrogen and oxygen atoms in total. The summed E-state index contributed by atoms with van der Waals surface area (Å²) in [4.78, 5) is 45.7. The lowest BCUT2D eigenvalue weighted by atomic mass is 9.88. The first kappa shape index (κ1) is 24.1. The van der Waals surface area contributed by atoms with Gasteiger partial charge in [-0.1, -0.05) is 57.2 Å². The summed E-state index contributed by atoms with van der Waals surface area (Å²) in [6, 6.07) is 0.718. The van der Waals surface area contributed by atoms with Crippen LogP contribution in [0.3, 0.4) is 0 Å². The first-order valence-corrected chi connectivity index (χ1v) is 13.5. The molecule has 0 bridgehead atoms. The highest BCUT2D eigenvalue weighted by atomic mass is 32.2. The Morgan fingerprint density at radius 2 is 1.55 bits per heavy atom. The minimum absolute atomic E-state index is 0.190. The smallest absolute Gasteiger partial charge is 0.332 e. The summed E-state index contributed by atoms with van der Waals surface area (Å²) >= 11 is 1.40. The summed E-state index contributed by atoms with van der Waals surface area (Å²) in [5, 5.41) is 0.644. The first-order chi connectivity index (χ1) is 15.9. The number of nitrogens with zero attached hydrogens (tertiary/aromatic N) is 5. The molecule has 0 aromatic carbocycles. The molecule has 182 valence electrons. The Bertz CT molecular complexity index is 1090. The van der Waals surface area contributed by atoms with Crippen LogP contribution in [-0.2, 0) is 25.4 Å². The number of fused-ring (bicyclic) bond motifs is 1. The van der Waals surface area contributed by atoms with Crippen molar-refractivity contribution < 1.29 is 4.79 Å². The molecule has 9 heteroatoms. The highest BCUT2D eigenvalue weighted by Gasteiger charge is 2.32. The summed E-state index contributed by atoms with van der Waals surface area (Å²) in [5.74, 6) is 0.504. The second-order valence-electron chi connectivity index (χ2n) is 9.60. The van der Waals surface area contributed by atoms with Gasteiger partial charge in [-0.3, -0.25) is 18.7 Å². The number of thioether (sulfide) groups is 1. The zero-order valence-electron chi connectivity index (χ0n) is 20.2. The number of hydrogen-bond acceptors (Lipinski definition) is 5. The highest BCUT2D eigenvalue weighted by molar-refractivity contribution is 7.99. The van der Waals surface area contributed by atoms with Crippen LogP contribution >= 0.6 is 11.8 Å². The van der Waals surface area contributed by atoms with Gasteiger partial charge in [0.1, 0.15) is 0 Å². The van der Waals surface area contributed by atoms with Gasteiger partial charge in [0, 0.05) is 32.7 Å². The molecule has 2 aromatic rings. The van der Waals surface area contributed by atoms with Crippen LogP contribution in [0.1, 0.15) is 77.6 Å². The quantitative estimate of drug-likeness (QED) is 0.573. The fraction of sp³-hybridized carbons (Fsp3) is 0.750. The van der Waals surface area contributed by atoms with Crippen molar-refractivity contribution in [3.05, 3.63) is 20.8 Å². The molecule has 2 aromatic heterocycles. The summed E-state index contributed by atoms with van der Waals surface area (Å²) in [7, 11) is 3.14. The van der Waals surface area contributed by atoms with E-state index in [1.807, 2.05) is 11.5 Å². The fourth-order valence-electron chi connectivity index (χ4n) is 5.59. The van der Waals surface area contributed by atoms with Gasteiger partial charge < -0.3 is 9.47 Å². The van der Waals surface area contributed by atoms with Crippen molar-refractivity contribution in [2.24, 2.45) is 14.1 Å². The van der Waals surface area contributed by atoms with Crippen molar-refractivity contribution in [2.45, 2.75) is 101 Å². The number of aryl methyl sites for hydroxylation is 2. The van der Waals surface area contributed by atoms with E-state index in [9.17, 15) is 14.4 Å². The summed E-state index contributed by atoms with van der Waals surface area (Å²) < 4.78 is 4.44. The van der Waals surface area contributed by atoms with E-state index in [0.717, 1.165) is 36.7 Å². The van der Waals surface area contributed by atoms with Crippen molar-refractivity contribution in [3.8, 4) is 0 Å². The Hall–Kier alpha value is -2.03. The van der Waals surface area contributed by atoms with E-state index in [-0.39, 0.29) is 17.2 Å². The van der Waals surface area contributed by atoms with Gasteiger partial charge in [0.2, 0.25) is 5.91 Å². The monoisotopic (exact) mass is 475 g/mol. The number of carbonyl (C=O) groups excluding carboxylic acids is 1. The topological polar surface area (TPSA) is 82.1 Å². The second kappa shape index (κ2) is 10.5. The Kier molecular flexibility index (Phi) is 7.66. The number of aromatic nitrogens is 4. The minimum atomic E-state index is -0.387. The molecule has 0 aliphatic heterocycles. The lowest BCUT2D eigenvalue weighted by Gasteiger charge is -2.41. The molecule has 2 saturated carbocycles. The third kappa shape index (κ3) is 4.79. The Labute approximate surface area is 199 Å². The molecule has 2 aliphatic carbocycles. The molecule has 0 spiro atoms. The maximum absolute atomic E-state index is 13.6. The van der Waals surface area contributed by atoms with Gasteiger partial charge in [-0.25, -0.2) is 9.78 Å². The van der Waals surface area contributed by atoms with Crippen LogP contribution in [0.5, 0.6) is 0 Å². The Balaban J connectivity index is 1.62. The fourth-order valence-corrected chi connectivity index (χ4v) is 6.48. The van der Waals surface area contributed by atoms with Crippen molar-refractivity contribution >= 4 is 28.8 Å². The van der Waals surface area contributed by atoms with Crippen LogP contribution in [0.4, 0.5) is 0 Å². The lowest BCUT2D eigenvalue weighted by molar-refractivity contribution is -0.135. The highest BCUT2D eigenvalue weighted by Crippen LogP contribution is 2.31. The molecule has 1 amide bonds. The minimum Gasteiger partial charge on any atom is -0.336 e. The van der Waals surface area contributed by atoms with E-state index < -0.39 is 0 Å². The molecule has 0 unspecified atom stereocenters.